The smallest absolute Gasteiger partial charge is 0.410 e. The third kappa shape index (κ3) is 34.8. The molecule has 8 heterocycles. The van der Waals surface area contributed by atoms with Crippen molar-refractivity contribution in [2.45, 2.75) is 173 Å². The Morgan fingerprint density at radius 1 is 0.508 bits per heavy atom. The molecule has 0 spiro atoms. The Balaban J connectivity index is 0.000000222. The number of nitrogens with two attached hydrogens (primary N) is 1. The third-order valence-corrected chi connectivity index (χ3v) is 19.3. The Bertz CT molecular complexity index is 4710. The summed E-state index contributed by atoms with van der Waals surface area (Å²) in [4.78, 5) is 115. The zero-order valence-electron chi connectivity index (χ0n) is 72.8. The number of amidine groups is 3. The maximum absolute atomic E-state index is 12.4. The van der Waals surface area contributed by atoms with Gasteiger partial charge in [0.05, 0.1) is 48.6 Å². The minimum atomic E-state index is -0.562. The number of amides is 4. The van der Waals surface area contributed by atoms with Crippen molar-refractivity contribution in [2.24, 2.45) is 25.8 Å². The number of hydrogen-bond donors (Lipinski definition) is 8. The number of esters is 2. The number of carbonyl (C=O) groups is 8. The maximum atomic E-state index is 12.4. The van der Waals surface area contributed by atoms with Gasteiger partial charge >= 0.3 is 30.2 Å². The summed E-state index contributed by atoms with van der Waals surface area (Å²) in [6, 6.07) is 40.7. The lowest BCUT2D eigenvalue weighted by Crippen LogP contribution is -2.43. The van der Waals surface area contributed by atoms with Gasteiger partial charge in [-0.15, -0.1) is 17.4 Å². The van der Waals surface area contributed by atoms with Crippen LogP contribution in [0.3, 0.4) is 0 Å². The number of isothiocyanates is 1. The van der Waals surface area contributed by atoms with Crippen LogP contribution in [-0.2, 0) is 42.9 Å². The van der Waals surface area contributed by atoms with Gasteiger partial charge < -0.3 is 70.3 Å². The molecule has 2 saturated heterocycles. The van der Waals surface area contributed by atoms with E-state index in [4.69, 9.17) is 19.4 Å². The number of piperidine rings is 2. The number of rotatable bonds is 7. The standard InChI is InChI=1S/C19H25N3O2.C19H26N2O3S.C16H19N3O.C14H17N3.C10H17NO3.C8H7NS.C4H6O3.H4N2O/c1-13-6-5-7-15(10-13)21-17-16-12-22(9-8-14(16)11-20-17)18(23)24-19(2,3)4;1-13-7-6-8-14(11-13)20-17(25-5)15-12-21(10-9-16(15)22)18(23)24-19(2,3)4;1-11-4-3-5-14(8-11)18-16-15-10-19(12(2)20)7-6-13(15)9-17-16;1-10-3-2-4-12(7-10)17-14-13-9-15-6-5-11(13)8-16-14;1-10(2,3)14-9(13)11-6-4-8(12)5-7-11;1-7-3-2-4-8(5-7)9-6-10;1-3(5)7-4(2)6;1-2-3/h5-7,10H,8-9,11-12H2,1-4H3,(H,20,21);6-8,11,20H,9-10,12H2,1-5H3;3-5,8H,6-7,9-10H2,1-2H3,(H,17,18);2-4,7,15H,5-6,8-9H2,1H3,(H,16,17);4-7H2,1-3H3;2-5H,1H3;1-2H3;2-3H,1H2/b;17-15-;;;;;;. The van der Waals surface area contributed by atoms with Gasteiger partial charge in [-0.25, -0.2) is 20.2 Å². The summed E-state index contributed by atoms with van der Waals surface area (Å²) >= 11 is 5.94. The molecule has 0 radical (unpaired) electrons. The molecule has 13 rings (SSSR count). The van der Waals surface area contributed by atoms with E-state index >= 15 is 0 Å². The summed E-state index contributed by atoms with van der Waals surface area (Å²) < 4.78 is 20.1. The molecule has 0 unspecified atom stereocenters. The van der Waals surface area contributed by atoms with E-state index in [0.717, 1.165) is 121 Å². The number of ketones is 2. The number of likely N-dealkylation sites (tertiary alicyclic amines) is 2. The van der Waals surface area contributed by atoms with Crippen molar-refractivity contribution >= 4 is 123 Å². The molecule has 5 aromatic carbocycles. The van der Waals surface area contributed by atoms with Crippen LogP contribution >= 0.6 is 24.0 Å². The summed E-state index contributed by atoms with van der Waals surface area (Å²) in [5.74, 6) is 6.32. The van der Waals surface area contributed by atoms with E-state index in [9.17, 15) is 38.4 Å². The fourth-order valence-electron chi connectivity index (χ4n) is 12.8. The number of benzene rings is 5. The molecule has 120 heavy (non-hydrogen) atoms. The molecule has 4 amide bonds. The van der Waals surface area contributed by atoms with Crippen LogP contribution in [0.15, 0.2) is 185 Å². The highest BCUT2D eigenvalue weighted by Gasteiger charge is 2.34. The van der Waals surface area contributed by atoms with E-state index in [-0.39, 0.29) is 42.3 Å². The second-order valence-electron chi connectivity index (χ2n) is 32.3. The number of ether oxygens (including phenoxy) is 4. The molecule has 0 bridgehead atoms. The van der Waals surface area contributed by atoms with Crippen molar-refractivity contribution in [1.82, 2.24) is 30.5 Å². The van der Waals surface area contributed by atoms with Crippen molar-refractivity contribution in [1.29, 1.82) is 0 Å². The lowest BCUT2D eigenvalue weighted by atomic mass is 10.0. The first kappa shape index (κ1) is 97.8. The number of thioether (sulfide) groups is 1. The number of aryl methyl sites for hydroxylation is 5. The van der Waals surface area contributed by atoms with Crippen LogP contribution in [0, 0.1) is 34.6 Å². The van der Waals surface area contributed by atoms with Gasteiger partial charge in [-0.2, -0.15) is 4.99 Å². The number of Topliss-reactive ketones (excluding diaryl/α,β-unsaturated/α-hetero) is 2. The predicted molar refractivity (Wildman–Crippen MR) is 481 cm³/mol. The quantitative estimate of drug-likeness (QED) is 0.0110. The summed E-state index contributed by atoms with van der Waals surface area (Å²) in [6.07, 6.45) is 5.14. The number of thiocarbonyl (C=S) groups is 1. The maximum Gasteiger partial charge on any atom is 0.410 e. The zero-order chi connectivity index (χ0) is 88.4. The van der Waals surface area contributed by atoms with Crippen molar-refractivity contribution < 1.29 is 62.5 Å². The largest absolute Gasteiger partial charge is 0.444 e. The SMILES string of the molecule is CC(=O)N1CCC2=C(C1)C(Nc1cccc(C)c1)=NC2.CC(=O)OC(C)=O.CC(C)(C)OC(=O)N1CCC(=O)CC1.CS/C(Nc1cccc(C)c1)=C1/CN(C(=O)OC(C)(C)C)CCC1=O.Cc1cccc(N=C=S)c1.Cc1cccc(NC2=NCC3=C2CN(C(=O)OC(C)(C)C)CC3)c1.Cc1cccc(NC2=NCC3=C2CNCC3)c1.NNO. The number of hydrogen-bond acceptors (Lipinski definition) is 26. The van der Waals surface area contributed by atoms with Crippen molar-refractivity contribution in [3.05, 3.63) is 193 Å². The Morgan fingerprint density at radius 2 is 0.875 bits per heavy atom. The average Bonchev–Trinajstić information content (AvgIpc) is 1.63. The van der Waals surface area contributed by atoms with Gasteiger partial charge in [-0.1, -0.05) is 60.7 Å². The second-order valence-corrected chi connectivity index (χ2v) is 33.3. The van der Waals surface area contributed by atoms with E-state index in [0.29, 0.717) is 64.1 Å². The second kappa shape index (κ2) is 47.7. The lowest BCUT2D eigenvalue weighted by molar-refractivity contribution is -0.156. The first-order chi connectivity index (χ1) is 56.7. The molecule has 0 saturated carbocycles. The molecule has 2 fully saturated rings. The molecular weight excluding hydrogens is 1560 g/mol. The number of aliphatic imine (C=N–C) groups is 4. The van der Waals surface area contributed by atoms with E-state index in [1.165, 1.54) is 81.3 Å². The number of hydrazine groups is 1. The van der Waals surface area contributed by atoms with Crippen LogP contribution in [0.25, 0.3) is 0 Å². The molecule has 0 aromatic heterocycles. The molecule has 5 aromatic rings. The van der Waals surface area contributed by atoms with E-state index in [1.807, 2.05) is 160 Å². The minimum absolute atomic E-state index is 0.0734. The Kier molecular flexibility index (Phi) is 38.9. The molecule has 28 nitrogen and oxygen atoms in total. The van der Waals surface area contributed by atoms with Gasteiger partial charge in [0.2, 0.25) is 5.91 Å². The number of nitrogens with zero attached hydrogens (tertiary/aromatic N) is 8. The van der Waals surface area contributed by atoms with E-state index in [1.54, 1.807) is 21.6 Å². The van der Waals surface area contributed by atoms with E-state index in [2.05, 4.69) is 144 Å². The highest BCUT2D eigenvalue weighted by atomic mass is 32.2. The molecule has 9 N–H and O–H groups in total. The summed E-state index contributed by atoms with van der Waals surface area (Å²) in [6.45, 7) is 39.8. The molecule has 8 aliphatic heterocycles. The zero-order valence-corrected chi connectivity index (χ0v) is 74.4. The Labute approximate surface area is 716 Å². The van der Waals surface area contributed by atoms with Gasteiger partial charge in [-0.05, 0) is 246 Å². The Morgan fingerprint density at radius 3 is 1.27 bits per heavy atom. The predicted octanol–water partition coefficient (Wildman–Crippen LogP) is 15.7. The minimum Gasteiger partial charge on any atom is -0.444 e. The topological polar surface area (TPSA) is 354 Å². The average molecular weight is 1690 g/mol. The fourth-order valence-corrected chi connectivity index (χ4v) is 13.6. The summed E-state index contributed by atoms with van der Waals surface area (Å²) in [7, 11) is 0. The normalized spacial score (nSPS) is 16.2. The van der Waals surface area contributed by atoms with Crippen LogP contribution in [0.4, 0.5) is 42.8 Å². The van der Waals surface area contributed by atoms with Crippen molar-refractivity contribution in [2.75, 3.05) is 113 Å². The van der Waals surface area contributed by atoms with Crippen LogP contribution in [0.5, 0.6) is 0 Å². The fraction of sp³-hybridized carbons (Fsp3) is 0.444. The van der Waals surface area contributed by atoms with Crippen molar-refractivity contribution in [3.8, 4) is 0 Å². The van der Waals surface area contributed by atoms with Gasteiger partial charge in [0.15, 0.2) is 5.78 Å². The first-order valence-electron chi connectivity index (χ1n) is 40.0. The van der Waals surface area contributed by atoms with Crippen LogP contribution in [-0.4, -0.2) is 203 Å². The molecular formula is C90H121N15O13S2. The first-order valence-corrected chi connectivity index (χ1v) is 41.6. The summed E-state index contributed by atoms with van der Waals surface area (Å²) in [5, 5.41) is 27.2. The van der Waals surface area contributed by atoms with Gasteiger partial charge in [0.25, 0.3) is 0 Å². The van der Waals surface area contributed by atoms with Crippen LogP contribution in [0.2, 0.25) is 0 Å². The van der Waals surface area contributed by atoms with Gasteiger partial charge in [0.1, 0.15) is 40.1 Å². The number of carbonyl (C=O) groups excluding carboxylic acids is 8. The molecule has 30 heteroatoms. The monoisotopic (exact) mass is 1680 g/mol. The van der Waals surface area contributed by atoms with E-state index < -0.39 is 28.7 Å². The van der Waals surface area contributed by atoms with Gasteiger partial charge in [-0.3, -0.25) is 38.9 Å². The molecule has 0 atom stereocenters. The van der Waals surface area contributed by atoms with Gasteiger partial charge in [0, 0.05) is 131 Å². The number of nitrogens with one attached hydrogen (secondary N) is 6. The highest BCUT2D eigenvalue weighted by molar-refractivity contribution is 8.02. The Hall–Kier alpha value is -11.0. The number of anilines is 4. The van der Waals surface area contributed by atoms with Crippen LogP contribution in [0.1, 0.15) is 149 Å². The summed E-state index contributed by atoms with van der Waals surface area (Å²) in [5.41, 5.74) is 19.3. The lowest BCUT2D eigenvalue weighted by Gasteiger charge is -2.31. The highest BCUT2D eigenvalue weighted by Crippen LogP contribution is 2.31. The van der Waals surface area contributed by atoms with Crippen LogP contribution < -0.4 is 38.0 Å². The molecule has 8 aliphatic rings. The molecule has 0 aliphatic carbocycles. The molecule has 646 valence electrons. The third-order valence-electron chi connectivity index (χ3n) is 18.5. The van der Waals surface area contributed by atoms with Crippen molar-refractivity contribution in [3.63, 3.8) is 0 Å².